The molecule has 3 aromatic rings. The maximum absolute atomic E-state index is 6.22. The molecule has 152 valence electrons. The highest BCUT2D eigenvalue weighted by Crippen LogP contribution is 2.29. The average Bonchev–Trinajstić information content (AvgIpc) is 3.06. The molecule has 1 saturated heterocycles. The Balaban J connectivity index is 1.59. The molecular formula is C21H22Cl3N5. The summed E-state index contributed by atoms with van der Waals surface area (Å²) in [5.41, 5.74) is 1.54. The first-order valence-electron chi connectivity index (χ1n) is 9.62. The van der Waals surface area contributed by atoms with Crippen LogP contribution in [0.3, 0.4) is 0 Å². The first-order valence-corrected chi connectivity index (χ1v) is 10.8. The molecule has 1 unspecified atom stereocenters. The van der Waals surface area contributed by atoms with Gasteiger partial charge in [0.05, 0.1) is 5.52 Å². The third kappa shape index (κ3) is 5.04. The number of rotatable bonds is 6. The van der Waals surface area contributed by atoms with Crippen LogP contribution in [0.5, 0.6) is 0 Å². The highest BCUT2D eigenvalue weighted by Gasteiger charge is 2.20. The van der Waals surface area contributed by atoms with Crippen LogP contribution in [0.15, 0.2) is 36.4 Å². The summed E-state index contributed by atoms with van der Waals surface area (Å²) in [7, 11) is 2.19. The van der Waals surface area contributed by atoms with E-state index in [2.05, 4.69) is 32.5 Å². The summed E-state index contributed by atoms with van der Waals surface area (Å²) in [6, 6.07) is 11.5. The van der Waals surface area contributed by atoms with Crippen LogP contribution in [0.1, 0.15) is 19.3 Å². The van der Waals surface area contributed by atoms with Gasteiger partial charge in [0.1, 0.15) is 5.82 Å². The lowest BCUT2D eigenvalue weighted by atomic mass is 10.1. The normalized spacial score (nSPS) is 17.0. The number of hydrogen-bond donors (Lipinski definition) is 2. The van der Waals surface area contributed by atoms with Gasteiger partial charge in [-0.1, -0.05) is 34.8 Å². The van der Waals surface area contributed by atoms with Crippen LogP contribution in [-0.2, 0) is 0 Å². The van der Waals surface area contributed by atoms with Gasteiger partial charge in [-0.2, -0.15) is 4.98 Å². The molecule has 8 heteroatoms. The molecule has 2 heterocycles. The summed E-state index contributed by atoms with van der Waals surface area (Å²) in [6.45, 7) is 2.00. The maximum Gasteiger partial charge on any atom is 0.229 e. The molecule has 0 spiro atoms. The van der Waals surface area contributed by atoms with Crippen molar-refractivity contribution in [3.05, 3.63) is 51.5 Å². The van der Waals surface area contributed by atoms with Crippen molar-refractivity contribution in [3.8, 4) is 0 Å². The molecule has 0 bridgehead atoms. The van der Waals surface area contributed by atoms with E-state index >= 15 is 0 Å². The summed E-state index contributed by atoms with van der Waals surface area (Å²) in [5.74, 6) is 1.23. The number of nitrogens with one attached hydrogen (secondary N) is 2. The lowest BCUT2D eigenvalue weighted by Crippen LogP contribution is -2.27. The van der Waals surface area contributed by atoms with Crippen molar-refractivity contribution in [2.24, 2.45) is 0 Å². The minimum absolute atomic E-state index is 0.471. The molecule has 2 N–H and O–H groups in total. The topological polar surface area (TPSA) is 53.1 Å². The van der Waals surface area contributed by atoms with Crippen LogP contribution in [-0.4, -0.2) is 41.0 Å². The Kier molecular flexibility index (Phi) is 6.30. The summed E-state index contributed by atoms with van der Waals surface area (Å²) in [6.07, 6.45) is 3.58. The number of aromatic nitrogens is 2. The molecule has 1 atom stereocenters. The highest BCUT2D eigenvalue weighted by atomic mass is 35.5. The zero-order valence-electron chi connectivity index (χ0n) is 16.1. The van der Waals surface area contributed by atoms with Crippen molar-refractivity contribution in [2.45, 2.75) is 25.3 Å². The number of fused-ring (bicyclic) bond motifs is 1. The van der Waals surface area contributed by atoms with E-state index in [1.54, 1.807) is 18.2 Å². The van der Waals surface area contributed by atoms with Gasteiger partial charge < -0.3 is 15.5 Å². The number of halogens is 3. The second-order valence-corrected chi connectivity index (χ2v) is 8.64. The van der Waals surface area contributed by atoms with E-state index in [-0.39, 0.29) is 0 Å². The van der Waals surface area contributed by atoms with Gasteiger partial charge in [-0.15, -0.1) is 0 Å². The zero-order chi connectivity index (χ0) is 20.4. The minimum atomic E-state index is 0.471. The molecule has 0 amide bonds. The van der Waals surface area contributed by atoms with Crippen LogP contribution in [0.25, 0.3) is 10.9 Å². The summed E-state index contributed by atoms with van der Waals surface area (Å²) in [4.78, 5) is 11.7. The fourth-order valence-electron chi connectivity index (χ4n) is 3.75. The number of nitrogens with zero attached hydrogens (tertiary/aromatic N) is 3. The molecule has 4 rings (SSSR count). The van der Waals surface area contributed by atoms with E-state index < -0.39 is 0 Å². The highest BCUT2D eigenvalue weighted by molar-refractivity contribution is 6.35. The van der Waals surface area contributed by atoms with Gasteiger partial charge in [0.2, 0.25) is 5.95 Å². The Labute approximate surface area is 185 Å². The minimum Gasteiger partial charge on any atom is -0.369 e. The molecule has 1 aliphatic rings. The molecule has 29 heavy (non-hydrogen) atoms. The fourth-order valence-corrected chi connectivity index (χ4v) is 4.45. The van der Waals surface area contributed by atoms with Crippen molar-refractivity contribution in [2.75, 3.05) is 30.8 Å². The Morgan fingerprint density at radius 2 is 1.83 bits per heavy atom. The smallest absolute Gasteiger partial charge is 0.229 e. The molecule has 0 radical (unpaired) electrons. The standard InChI is InChI=1S/C21H22Cl3N5/c1-29-8-2-3-17(29)6-7-25-20-18-12-13(22)4-5-19(18)27-21(28-20)26-16-10-14(23)9-15(24)11-16/h4-5,9-12,17H,2-3,6-8H2,1H3,(H2,25,26,27,28). The van der Waals surface area contributed by atoms with E-state index in [1.807, 2.05) is 18.2 Å². The van der Waals surface area contributed by atoms with Gasteiger partial charge in [0, 0.05) is 38.7 Å². The largest absolute Gasteiger partial charge is 0.369 e. The molecule has 0 saturated carbocycles. The SMILES string of the molecule is CN1CCCC1CCNc1nc(Nc2cc(Cl)cc(Cl)c2)nc2ccc(Cl)cc12. The van der Waals surface area contributed by atoms with Gasteiger partial charge in [-0.3, -0.25) is 0 Å². The molecule has 1 fully saturated rings. The fraction of sp³-hybridized carbons (Fsp3) is 0.333. The summed E-state index contributed by atoms with van der Waals surface area (Å²) in [5, 5.41) is 9.33. The van der Waals surface area contributed by atoms with Gasteiger partial charge in [-0.05, 0) is 69.3 Å². The molecule has 5 nitrogen and oxygen atoms in total. The molecule has 1 aliphatic heterocycles. The van der Waals surface area contributed by atoms with Crippen molar-refractivity contribution >= 4 is 63.2 Å². The average molecular weight is 451 g/mol. The third-order valence-corrected chi connectivity index (χ3v) is 5.89. The van der Waals surface area contributed by atoms with Crippen molar-refractivity contribution in [1.82, 2.24) is 14.9 Å². The van der Waals surface area contributed by atoms with E-state index in [0.29, 0.717) is 27.1 Å². The summed E-state index contributed by atoms with van der Waals surface area (Å²) >= 11 is 18.4. The lowest BCUT2D eigenvalue weighted by Gasteiger charge is -2.20. The van der Waals surface area contributed by atoms with Crippen molar-refractivity contribution in [1.29, 1.82) is 0 Å². The lowest BCUT2D eigenvalue weighted by molar-refractivity contribution is 0.301. The monoisotopic (exact) mass is 449 g/mol. The number of likely N-dealkylation sites (tertiary alicyclic amines) is 1. The first kappa shape index (κ1) is 20.5. The van der Waals surface area contributed by atoms with E-state index in [4.69, 9.17) is 34.8 Å². The Morgan fingerprint density at radius 3 is 2.55 bits per heavy atom. The predicted molar refractivity (Wildman–Crippen MR) is 123 cm³/mol. The first-order chi connectivity index (χ1) is 14.0. The molecule has 1 aromatic heterocycles. The second kappa shape index (κ2) is 8.92. The van der Waals surface area contributed by atoms with Crippen LogP contribution >= 0.6 is 34.8 Å². The van der Waals surface area contributed by atoms with Crippen LogP contribution in [0, 0.1) is 0 Å². The van der Waals surface area contributed by atoms with Gasteiger partial charge in [0.25, 0.3) is 0 Å². The van der Waals surface area contributed by atoms with Crippen LogP contribution in [0.2, 0.25) is 15.1 Å². The van der Waals surface area contributed by atoms with Gasteiger partial charge in [-0.25, -0.2) is 4.98 Å². The molecule has 0 aliphatic carbocycles. The van der Waals surface area contributed by atoms with E-state index in [1.165, 1.54) is 19.4 Å². The summed E-state index contributed by atoms with van der Waals surface area (Å²) < 4.78 is 0. The van der Waals surface area contributed by atoms with Crippen LogP contribution in [0.4, 0.5) is 17.5 Å². The number of benzene rings is 2. The van der Waals surface area contributed by atoms with Gasteiger partial charge in [0.15, 0.2) is 0 Å². The maximum atomic E-state index is 6.22. The van der Waals surface area contributed by atoms with E-state index in [9.17, 15) is 0 Å². The van der Waals surface area contributed by atoms with Crippen LogP contribution < -0.4 is 10.6 Å². The number of anilines is 3. The predicted octanol–water partition coefficient (Wildman–Crippen LogP) is 6.23. The Morgan fingerprint density at radius 1 is 1.03 bits per heavy atom. The third-order valence-electron chi connectivity index (χ3n) is 5.22. The molecule has 2 aromatic carbocycles. The van der Waals surface area contributed by atoms with Crippen molar-refractivity contribution in [3.63, 3.8) is 0 Å². The number of hydrogen-bond acceptors (Lipinski definition) is 5. The zero-order valence-corrected chi connectivity index (χ0v) is 18.3. The Hall–Kier alpha value is -1.79. The quantitative estimate of drug-likeness (QED) is 0.466. The second-order valence-electron chi connectivity index (χ2n) is 7.33. The van der Waals surface area contributed by atoms with E-state index in [0.717, 1.165) is 35.4 Å². The van der Waals surface area contributed by atoms with Gasteiger partial charge >= 0.3 is 0 Å². The molecular weight excluding hydrogens is 429 g/mol. The van der Waals surface area contributed by atoms with Crippen molar-refractivity contribution < 1.29 is 0 Å². The Bertz CT molecular complexity index is 1010.